The van der Waals surface area contributed by atoms with Crippen molar-refractivity contribution < 1.29 is 24.0 Å². The highest BCUT2D eigenvalue weighted by Crippen LogP contribution is 2.24. The Morgan fingerprint density at radius 2 is 1.79 bits per heavy atom. The molecule has 3 rings (SSSR count). The summed E-state index contributed by atoms with van der Waals surface area (Å²) in [5.74, 6) is -0.854. The maximum Gasteiger partial charge on any atom is 0.337 e. The van der Waals surface area contributed by atoms with E-state index in [1.165, 1.54) is 32.6 Å². The van der Waals surface area contributed by atoms with Crippen LogP contribution in [0.2, 0.25) is 0 Å². The third-order valence-corrected chi connectivity index (χ3v) is 5.03. The van der Waals surface area contributed by atoms with Crippen molar-refractivity contribution in [2.45, 2.75) is 13.8 Å². The number of aromatic nitrogens is 1. The van der Waals surface area contributed by atoms with Gasteiger partial charge in [0.1, 0.15) is 5.75 Å². The summed E-state index contributed by atoms with van der Waals surface area (Å²) in [5.41, 5.74) is 5.99. The van der Waals surface area contributed by atoms with Crippen LogP contribution >= 0.6 is 0 Å². The first-order valence-electron chi connectivity index (χ1n) is 9.80. The van der Waals surface area contributed by atoms with Gasteiger partial charge in [-0.15, -0.1) is 0 Å². The van der Waals surface area contributed by atoms with Crippen LogP contribution in [0.1, 0.15) is 37.7 Å². The Morgan fingerprint density at radius 3 is 2.39 bits per heavy atom. The molecule has 0 unspecified atom stereocenters. The normalized spacial score (nSPS) is 10.8. The number of nitro groups is 1. The second-order valence-corrected chi connectivity index (χ2v) is 7.04. The molecule has 10 nitrogen and oxygen atoms in total. The number of nitrogens with zero attached hydrogens (tertiary/aromatic N) is 3. The molecule has 0 aliphatic rings. The Morgan fingerprint density at radius 1 is 1.09 bits per heavy atom. The first kappa shape index (κ1) is 23.2. The number of carbonyl (C=O) groups excluding carboxylic acids is 2. The van der Waals surface area contributed by atoms with E-state index in [0.29, 0.717) is 5.56 Å². The van der Waals surface area contributed by atoms with Gasteiger partial charge in [-0.25, -0.2) is 10.2 Å². The van der Waals surface area contributed by atoms with Gasteiger partial charge in [-0.3, -0.25) is 14.9 Å². The minimum Gasteiger partial charge on any atom is -0.496 e. The molecule has 0 bridgehead atoms. The van der Waals surface area contributed by atoms with Crippen molar-refractivity contribution in [2.24, 2.45) is 5.10 Å². The van der Waals surface area contributed by atoms with E-state index in [-0.39, 0.29) is 17.0 Å². The van der Waals surface area contributed by atoms with Crippen LogP contribution in [-0.2, 0) is 4.74 Å². The van der Waals surface area contributed by atoms with Gasteiger partial charge < -0.3 is 14.0 Å². The fourth-order valence-electron chi connectivity index (χ4n) is 3.39. The van der Waals surface area contributed by atoms with Crippen molar-refractivity contribution >= 4 is 23.8 Å². The van der Waals surface area contributed by atoms with Crippen LogP contribution in [0.25, 0.3) is 5.69 Å². The molecule has 2 aromatic carbocycles. The summed E-state index contributed by atoms with van der Waals surface area (Å²) < 4.78 is 11.8. The molecule has 3 aromatic rings. The number of rotatable bonds is 7. The van der Waals surface area contributed by atoms with Gasteiger partial charge in [0.05, 0.1) is 36.5 Å². The van der Waals surface area contributed by atoms with Gasteiger partial charge in [0, 0.05) is 34.8 Å². The number of hydrazone groups is 1. The maximum absolute atomic E-state index is 12.5. The predicted molar refractivity (Wildman–Crippen MR) is 121 cm³/mol. The number of non-ortho nitro benzene ring substituents is 1. The zero-order chi connectivity index (χ0) is 24.1. The molecule has 0 aliphatic heterocycles. The van der Waals surface area contributed by atoms with Gasteiger partial charge in [-0.05, 0) is 50.2 Å². The first-order chi connectivity index (χ1) is 15.8. The molecular formula is C23H22N4O6. The highest BCUT2D eigenvalue weighted by atomic mass is 16.6. The Bertz CT molecular complexity index is 1240. The van der Waals surface area contributed by atoms with E-state index in [0.717, 1.165) is 28.7 Å². The number of hydrogen-bond acceptors (Lipinski definition) is 7. The summed E-state index contributed by atoms with van der Waals surface area (Å²) in [6, 6.07) is 12.6. The fraction of sp³-hybridized carbons (Fsp3) is 0.174. The topological polar surface area (TPSA) is 125 Å². The second-order valence-electron chi connectivity index (χ2n) is 7.04. The molecule has 1 amide bonds. The molecule has 10 heteroatoms. The van der Waals surface area contributed by atoms with E-state index in [1.807, 2.05) is 36.6 Å². The van der Waals surface area contributed by atoms with Crippen LogP contribution in [0.15, 0.2) is 53.6 Å². The van der Waals surface area contributed by atoms with Crippen LogP contribution in [0.5, 0.6) is 5.75 Å². The Kier molecular flexibility index (Phi) is 6.87. The lowest BCUT2D eigenvalue weighted by Crippen LogP contribution is -2.18. The van der Waals surface area contributed by atoms with Crippen LogP contribution < -0.4 is 10.2 Å². The molecule has 0 atom stereocenters. The summed E-state index contributed by atoms with van der Waals surface area (Å²) in [6.45, 7) is 3.82. The quantitative estimate of drug-likeness (QED) is 0.254. The number of hydrogen-bond donors (Lipinski definition) is 1. The van der Waals surface area contributed by atoms with Crippen molar-refractivity contribution in [1.82, 2.24) is 9.99 Å². The lowest BCUT2D eigenvalue weighted by atomic mass is 10.1. The number of benzene rings is 2. The summed E-state index contributed by atoms with van der Waals surface area (Å²) in [5, 5.41) is 15.0. The minimum absolute atomic E-state index is 0.0000170. The molecule has 0 radical (unpaired) electrons. The van der Waals surface area contributed by atoms with Crippen LogP contribution in [0.3, 0.4) is 0 Å². The highest BCUT2D eigenvalue weighted by molar-refractivity contribution is 5.98. The molecule has 0 aliphatic carbocycles. The lowest BCUT2D eigenvalue weighted by molar-refractivity contribution is -0.384. The second kappa shape index (κ2) is 9.77. The van der Waals surface area contributed by atoms with Crippen molar-refractivity contribution in [3.63, 3.8) is 0 Å². The van der Waals surface area contributed by atoms with Crippen LogP contribution in [0.4, 0.5) is 5.69 Å². The van der Waals surface area contributed by atoms with E-state index >= 15 is 0 Å². The first-order valence-corrected chi connectivity index (χ1v) is 9.80. The molecule has 0 saturated heterocycles. The van der Waals surface area contributed by atoms with Gasteiger partial charge in [-0.1, -0.05) is 0 Å². The SMILES string of the molecule is COC(=O)c1ccc(-n2c(C)cc(/C=N\NC(=O)c3cc([N+](=O)[O-])ccc3OC)c2C)cc1. The lowest BCUT2D eigenvalue weighted by Gasteiger charge is -2.10. The zero-order valence-electron chi connectivity index (χ0n) is 18.5. The van der Waals surface area contributed by atoms with Gasteiger partial charge in [0.2, 0.25) is 0 Å². The largest absolute Gasteiger partial charge is 0.496 e. The average Bonchev–Trinajstić information content (AvgIpc) is 3.10. The van der Waals surface area contributed by atoms with E-state index in [1.54, 1.807) is 12.1 Å². The number of esters is 1. The standard InChI is InChI=1S/C23H22N4O6/c1-14-11-17(15(2)26(14)18-7-5-16(6-8-18)23(29)33-4)13-24-25-22(28)20-12-19(27(30)31)9-10-21(20)32-3/h5-13H,1-4H3,(H,25,28)/b24-13-. The van der Waals surface area contributed by atoms with E-state index in [4.69, 9.17) is 9.47 Å². The number of methoxy groups -OCH3 is 2. The summed E-state index contributed by atoms with van der Waals surface area (Å²) in [7, 11) is 2.70. The van der Waals surface area contributed by atoms with Gasteiger partial charge in [0.25, 0.3) is 11.6 Å². The zero-order valence-corrected chi connectivity index (χ0v) is 18.5. The van der Waals surface area contributed by atoms with Crippen molar-refractivity contribution in [3.8, 4) is 11.4 Å². The van der Waals surface area contributed by atoms with E-state index in [2.05, 4.69) is 10.5 Å². The summed E-state index contributed by atoms with van der Waals surface area (Å²) >= 11 is 0. The molecule has 170 valence electrons. The molecule has 0 saturated carbocycles. The number of carbonyl (C=O) groups is 2. The fourth-order valence-corrected chi connectivity index (χ4v) is 3.39. The van der Waals surface area contributed by atoms with Gasteiger partial charge in [-0.2, -0.15) is 5.10 Å². The highest BCUT2D eigenvalue weighted by Gasteiger charge is 2.17. The Labute approximate surface area is 189 Å². The van der Waals surface area contributed by atoms with Crippen molar-refractivity contribution in [2.75, 3.05) is 14.2 Å². The molecule has 1 N–H and O–H groups in total. The molecule has 33 heavy (non-hydrogen) atoms. The average molecular weight is 450 g/mol. The van der Waals surface area contributed by atoms with Crippen LogP contribution in [0, 0.1) is 24.0 Å². The number of amides is 1. The van der Waals surface area contributed by atoms with Crippen LogP contribution in [-0.4, -0.2) is 41.8 Å². The molecule has 0 spiro atoms. The van der Waals surface area contributed by atoms with Gasteiger partial charge >= 0.3 is 5.97 Å². The molecule has 0 fully saturated rings. The van der Waals surface area contributed by atoms with Gasteiger partial charge in [0.15, 0.2) is 0 Å². The third-order valence-electron chi connectivity index (χ3n) is 5.03. The summed E-state index contributed by atoms with van der Waals surface area (Å²) in [6.07, 6.45) is 1.49. The van der Waals surface area contributed by atoms with Crippen molar-refractivity contribution in [3.05, 3.63) is 86.7 Å². The maximum atomic E-state index is 12.5. The molecule has 1 heterocycles. The number of nitro benzene ring substituents is 1. The number of nitrogens with one attached hydrogen (secondary N) is 1. The van der Waals surface area contributed by atoms with E-state index in [9.17, 15) is 19.7 Å². The minimum atomic E-state index is -0.640. The number of ether oxygens (including phenoxy) is 2. The smallest absolute Gasteiger partial charge is 0.337 e. The molecule has 1 aromatic heterocycles. The Hall–Kier alpha value is -4.47. The molecular weight excluding hydrogens is 428 g/mol. The Balaban J connectivity index is 1.81. The van der Waals surface area contributed by atoms with E-state index < -0.39 is 16.8 Å². The number of aryl methyl sites for hydroxylation is 1. The predicted octanol–water partition coefficient (Wildman–Crippen LogP) is 3.56. The summed E-state index contributed by atoms with van der Waals surface area (Å²) in [4.78, 5) is 34.6. The van der Waals surface area contributed by atoms with Crippen molar-refractivity contribution in [1.29, 1.82) is 0 Å². The third kappa shape index (κ3) is 4.90. The monoisotopic (exact) mass is 450 g/mol.